The van der Waals surface area contributed by atoms with E-state index in [0.717, 1.165) is 67.1 Å². The van der Waals surface area contributed by atoms with E-state index in [1.807, 2.05) is 66.7 Å². The fourth-order valence-corrected chi connectivity index (χ4v) is 7.14. The molecule has 3 heterocycles. The largest absolute Gasteiger partial charge is 0.497 e. The topological polar surface area (TPSA) is 77.7 Å². The van der Waals surface area contributed by atoms with Gasteiger partial charge in [0, 0.05) is 34.0 Å². The molecule has 246 valence electrons. The summed E-state index contributed by atoms with van der Waals surface area (Å²) in [5.74, 6) is 3.12. The molecule has 8 nitrogen and oxygen atoms in total. The number of para-hydroxylation sites is 3. The molecule has 0 fully saturated rings. The molecule has 0 amide bonds. The summed E-state index contributed by atoms with van der Waals surface area (Å²) >= 11 is 0. The van der Waals surface area contributed by atoms with Crippen molar-refractivity contribution in [3.63, 3.8) is 0 Å². The first-order valence-corrected chi connectivity index (χ1v) is 16.7. The van der Waals surface area contributed by atoms with Crippen LogP contribution < -0.4 is 14.4 Å². The molecule has 8 heteroatoms. The van der Waals surface area contributed by atoms with Crippen molar-refractivity contribution in [3.8, 4) is 51.3 Å². The predicted octanol–water partition coefficient (Wildman–Crippen LogP) is 9.97. The van der Waals surface area contributed by atoms with Crippen LogP contribution in [0.3, 0.4) is 0 Å². The zero-order valence-electron chi connectivity index (χ0n) is 28.1. The van der Waals surface area contributed by atoms with Crippen molar-refractivity contribution in [2.45, 2.75) is 6.54 Å². The molecule has 2 aromatic heterocycles. The van der Waals surface area contributed by atoms with Crippen LogP contribution in [-0.2, 0) is 6.54 Å². The molecule has 0 saturated carbocycles. The number of fused-ring (bicyclic) bond motifs is 7. The van der Waals surface area contributed by atoms with Crippen molar-refractivity contribution in [2.75, 3.05) is 19.1 Å². The van der Waals surface area contributed by atoms with Crippen LogP contribution >= 0.6 is 0 Å². The molecular formula is C43H32N6O2. The van der Waals surface area contributed by atoms with E-state index in [2.05, 4.69) is 87.9 Å². The summed E-state index contributed by atoms with van der Waals surface area (Å²) in [6, 6.07) is 45.2. The van der Waals surface area contributed by atoms with Crippen molar-refractivity contribution in [3.05, 3.63) is 139 Å². The van der Waals surface area contributed by atoms with Gasteiger partial charge in [-0.1, -0.05) is 66.7 Å². The van der Waals surface area contributed by atoms with Gasteiger partial charge in [-0.2, -0.15) is 9.97 Å². The molecule has 0 radical (unpaired) electrons. The van der Waals surface area contributed by atoms with Crippen molar-refractivity contribution < 1.29 is 9.47 Å². The van der Waals surface area contributed by atoms with Gasteiger partial charge < -0.3 is 14.4 Å². The third-order valence-corrected chi connectivity index (χ3v) is 9.58. The van der Waals surface area contributed by atoms with E-state index in [1.165, 1.54) is 11.1 Å². The molecule has 0 bridgehead atoms. The monoisotopic (exact) mass is 664 g/mol. The van der Waals surface area contributed by atoms with Crippen LogP contribution in [0.1, 0.15) is 5.56 Å². The number of nitrogens with zero attached hydrogens (tertiary/aromatic N) is 6. The van der Waals surface area contributed by atoms with E-state index < -0.39 is 0 Å². The summed E-state index contributed by atoms with van der Waals surface area (Å²) in [5.41, 5.74) is 10.1. The van der Waals surface area contributed by atoms with Crippen molar-refractivity contribution in [1.29, 1.82) is 0 Å². The highest BCUT2D eigenvalue weighted by Gasteiger charge is 2.30. The van der Waals surface area contributed by atoms with Gasteiger partial charge in [-0.15, -0.1) is 0 Å². The number of ether oxygens (including phenoxy) is 2. The van der Waals surface area contributed by atoms with Gasteiger partial charge in [0.15, 0.2) is 11.6 Å². The van der Waals surface area contributed by atoms with Crippen molar-refractivity contribution >= 4 is 45.6 Å². The Labute approximate surface area is 294 Å². The first-order valence-electron chi connectivity index (χ1n) is 16.7. The molecule has 0 aliphatic carbocycles. The zero-order valence-corrected chi connectivity index (χ0v) is 28.1. The first kappa shape index (κ1) is 30.3. The number of anilines is 2. The minimum absolute atomic E-state index is 0.509. The van der Waals surface area contributed by atoms with Crippen molar-refractivity contribution in [2.24, 2.45) is 4.99 Å². The lowest BCUT2D eigenvalue weighted by molar-refractivity contribution is 0.415. The Balaban J connectivity index is 1.39. The van der Waals surface area contributed by atoms with Crippen LogP contribution in [0.25, 0.3) is 61.7 Å². The Morgan fingerprint density at radius 3 is 1.92 bits per heavy atom. The van der Waals surface area contributed by atoms with E-state index in [1.54, 1.807) is 14.2 Å². The Hall–Kier alpha value is -6.80. The van der Waals surface area contributed by atoms with Gasteiger partial charge in [-0.3, -0.25) is 9.56 Å². The molecular weight excluding hydrogens is 633 g/mol. The number of methoxy groups -OCH3 is 2. The molecule has 0 unspecified atom stereocenters. The van der Waals surface area contributed by atoms with Crippen LogP contribution in [0.15, 0.2) is 138 Å². The van der Waals surface area contributed by atoms with E-state index in [4.69, 9.17) is 24.4 Å². The van der Waals surface area contributed by atoms with Crippen molar-refractivity contribution in [1.82, 2.24) is 19.5 Å². The molecule has 0 spiro atoms. The molecule has 9 rings (SSSR count). The highest BCUT2D eigenvalue weighted by Crippen LogP contribution is 2.50. The highest BCUT2D eigenvalue weighted by molar-refractivity contribution is 6.17. The highest BCUT2D eigenvalue weighted by atomic mass is 16.5. The average molecular weight is 665 g/mol. The Morgan fingerprint density at radius 2 is 1.24 bits per heavy atom. The lowest BCUT2D eigenvalue weighted by Crippen LogP contribution is -2.22. The Bertz CT molecular complexity index is 2550. The second-order valence-corrected chi connectivity index (χ2v) is 12.3. The fraction of sp³-hybridized carbons (Fsp3) is 0.0698. The molecule has 0 N–H and O–H groups in total. The second-order valence-electron chi connectivity index (χ2n) is 12.3. The lowest BCUT2D eigenvalue weighted by atomic mass is 9.91. The standard InChI is InChI=1S/C43H32N6O2/c1-44-36-13-7-9-15-38(36)48-26-29-10-4-5-11-32(29)34-24-25-35-33-12-6-8-14-37(33)49(40(35)39(34)48)43-46-41(27-16-20-30(50-2)21-17-27)45-42(47-43)28-18-22-31(51-3)23-19-28/h4-25H,1,26H2,2-3H3. The maximum absolute atomic E-state index is 5.46. The van der Waals surface area contributed by atoms with Gasteiger partial charge in [-0.05, 0) is 84.6 Å². The average Bonchev–Trinajstić information content (AvgIpc) is 3.55. The summed E-state index contributed by atoms with van der Waals surface area (Å²) in [6.45, 7) is 4.58. The third-order valence-electron chi connectivity index (χ3n) is 9.58. The summed E-state index contributed by atoms with van der Waals surface area (Å²) in [6.07, 6.45) is 0. The van der Waals surface area contributed by atoms with E-state index >= 15 is 0 Å². The van der Waals surface area contributed by atoms with Crippen LogP contribution in [0.2, 0.25) is 0 Å². The van der Waals surface area contributed by atoms with Gasteiger partial charge >= 0.3 is 0 Å². The van der Waals surface area contributed by atoms with E-state index in [-0.39, 0.29) is 0 Å². The summed E-state index contributed by atoms with van der Waals surface area (Å²) < 4.78 is 13.1. The fourth-order valence-electron chi connectivity index (χ4n) is 7.14. The number of hydrogen-bond acceptors (Lipinski definition) is 7. The maximum atomic E-state index is 5.46. The second kappa shape index (κ2) is 12.3. The SMILES string of the molecule is C=Nc1ccccc1N1Cc2ccccc2-c2ccc3c4ccccc4n(-c4nc(-c5ccc(OC)cc5)nc(-c5ccc(OC)cc5)n4)c3c21. The Morgan fingerprint density at radius 1 is 0.608 bits per heavy atom. The minimum Gasteiger partial charge on any atom is -0.497 e. The predicted molar refractivity (Wildman–Crippen MR) is 205 cm³/mol. The number of aliphatic imine (C=N–C) groups is 1. The van der Waals surface area contributed by atoms with Crippen LogP contribution in [0.5, 0.6) is 11.5 Å². The smallest absolute Gasteiger partial charge is 0.238 e. The van der Waals surface area contributed by atoms with E-state index in [9.17, 15) is 0 Å². The third kappa shape index (κ3) is 4.99. The summed E-state index contributed by atoms with van der Waals surface area (Å²) in [5, 5.41) is 2.19. The van der Waals surface area contributed by atoms with Crippen LogP contribution in [0.4, 0.5) is 17.1 Å². The zero-order chi connectivity index (χ0) is 34.5. The van der Waals surface area contributed by atoms with Gasteiger partial charge in [0.2, 0.25) is 5.95 Å². The number of benzene rings is 6. The Kier molecular flexibility index (Phi) is 7.28. The molecule has 1 aliphatic heterocycles. The van der Waals surface area contributed by atoms with Gasteiger partial charge in [0.25, 0.3) is 0 Å². The molecule has 1 aliphatic rings. The number of hydrogen-bond donors (Lipinski definition) is 0. The number of rotatable bonds is 7. The quantitative estimate of drug-likeness (QED) is 0.158. The van der Waals surface area contributed by atoms with Crippen LogP contribution in [-0.4, -0.2) is 40.5 Å². The minimum atomic E-state index is 0.509. The van der Waals surface area contributed by atoms with Gasteiger partial charge in [0.05, 0.1) is 42.3 Å². The summed E-state index contributed by atoms with van der Waals surface area (Å²) in [7, 11) is 3.32. The van der Waals surface area contributed by atoms with Gasteiger partial charge in [0.1, 0.15) is 11.5 Å². The molecule has 6 aromatic carbocycles. The number of aromatic nitrogens is 4. The normalized spacial score (nSPS) is 12.1. The van der Waals surface area contributed by atoms with E-state index in [0.29, 0.717) is 24.1 Å². The molecule has 8 aromatic rings. The van der Waals surface area contributed by atoms with Crippen LogP contribution in [0, 0.1) is 0 Å². The first-order chi connectivity index (χ1) is 25.1. The molecule has 0 atom stereocenters. The molecule has 51 heavy (non-hydrogen) atoms. The lowest BCUT2D eigenvalue weighted by Gasteiger charge is -2.34. The maximum Gasteiger partial charge on any atom is 0.238 e. The molecule has 0 saturated heterocycles. The van der Waals surface area contributed by atoms with Gasteiger partial charge in [-0.25, -0.2) is 4.98 Å². The summed E-state index contributed by atoms with van der Waals surface area (Å²) in [4.78, 5) is 22.2.